The quantitative estimate of drug-likeness (QED) is 0.393. The van der Waals surface area contributed by atoms with Crippen molar-refractivity contribution in [1.29, 1.82) is 0 Å². The second-order valence-electron chi connectivity index (χ2n) is 8.51. The number of nitrogens with zero attached hydrogens (tertiary/aromatic N) is 1. The Morgan fingerprint density at radius 3 is 2.46 bits per heavy atom. The predicted octanol–water partition coefficient (Wildman–Crippen LogP) is 4.48. The molecule has 4 aromatic rings. The maximum atomic E-state index is 13.2. The molecular formula is C27H26N2O5S. The number of hydrogen-bond acceptors (Lipinski definition) is 5. The van der Waals surface area contributed by atoms with Gasteiger partial charge in [-0.1, -0.05) is 60.7 Å². The first kappa shape index (κ1) is 23.1. The van der Waals surface area contributed by atoms with Crippen LogP contribution < -0.4 is 10.1 Å². The Balaban J connectivity index is 1.20. The summed E-state index contributed by atoms with van der Waals surface area (Å²) in [5.41, 5.74) is 2.44. The highest BCUT2D eigenvalue weighted by atomic mass is 32.2. The van der Waals surface area contributed by atoms with Gasteiger partial charge < -0.3 is 14.5 Å². The lowest BCUT2D eigenvalue weighted by Gasteiger charge is -2.22. The topological polar surface area (TPSA) is 88.9 Å². The maximum Gasteiger partial charge on any atom is 0.277 e. The molecule has 1 N–H and O–H groups in total. The lowest BCUT2D eigenvalue weighted by molar-refractivity contribution is -0.124. The standard InChI is InChI=1S/C27H26N2O5S/c30-27(28-18-20-12-14-21(15-13-20)19-33-23-8-2-1-3-9-23)24-10-6-16-29(24)35(31,32)26-17-22-7-4-5-11-25(22)34-26/h1-5,7-9,11-15,17,24H,6,10,16,18-19H2,(H,28,30)/t24-/m0/s1. The van der Waals surface area contributed by atoms with Crippen LogP contribution in [0.5, 0.6) is 5.75 Å². The summed E-state index contributed by atoms with van der Waals surface area (Å²) in [5, 5.41) is 3.47. The number of amides is 1. The number of furan rings is 1. The van der Waals surface area contributed by atoms with E-state index in [0.717, 1.165) is 16.9 Å². The summed E-state index contributed by atoms with van der Waals surface area (Å²) in [6.45, 7) is 1.05. The molecule has 35 heavy (non-hydrogen) atoms. The zero-order valence-corrected chi connectivity index (χ0v) is 19.9. The molecule has 0 radical (unpaired) electrons. The number of hydrogen-bond donors (Lipinski definition) is 1. The molecular weight excluding hydrogens is 464 g/mol. The van der Waals surface area contributed by atoms with Crippen LogP contribution in [0, 0.1) is 0 Å². The van der Waals surface area contributed by atoms with E-state index in [4.69, 9.17) is 9.15 Å². The van der Waals surface area contributed by atoms with E-state index in [9.17, 15) is 13.2 Å². The number of rotatable bonds is 8. The largest absolute Gasteiger partial charge is 0.489 e. The fourth-order valence-corrected chi connectivity index (χ4v) is 5.84. The number of para-hydroxylation sites is 2. The Kier molecular flexibility index (Phi) is 6.57. The van der Waals surface area contributed by atoms with Crippen LogP contribution in [-0.2, 0) is 28.0 Å². The lowest BCUT2D eigenvalue weighted by Crippen LogP contribution is -2.45. The number of carbonyl (C=O) groups excluding carboxylic acids is 1. The molecule has 0 bridgehead atoms. The molecule has 3 aromatic carbocycles. The van der Waals surface area contributed by atoms with Crippen molar-refractivity contribution < 1.29 is 22.4 Å². The van der Waals surface area contributed by atoms with Gasteiger partial charge in [-0.15, -0.1) is 0 Å². The van der Waals surface area contributed by atoms with E-state index in [1.54, 1.807) is 18.2 Å². The zero-order chi connectivity index (χ0) is 24.3. The van der Waals surface area contributed by atoms with Crippen molar-refractivity contribution in [1.82, 2.24) is 9.62 Å². The highest BCUT2D eigenvalue weighted by Gasteiger charge is 2.40. The van der Waals surface area contributed by atoms with E-state index >= 15 is 0 Å². The third kappa shape index (κ3) is 5.08. The van der Waals surface area contributed by atoms with E-state index in [0.29, 0.717) is 37.0 Å². The van der Waals surface area contributed by atoms with Crippen LogP contribution in [0.1, 0.15) is 24.0 Å². The highest BCUT2D eigenvalue weighted by molar-refractivity contribution is 7.89. The van der Waals surface area contributed by atoms with Gasteiger partial charge in [0.2, 0.25) is 11.0 Å². The number of carbonyl (C=O) groups is 1. The Morgan fingerprint density at radius 1 is 0.971 bits per heavy atom. The van der Waals surface area contributed by atoms with Crippen molar-refractivity contribution in [3.63, 3.8) is 0 Å². The maximum absolute atomic E-state index is 13.2. The first-order chi connectivity index (χ1) is 17.0. The van der Waals surface area contributed by atoms with Crippen LogP contribution in [0.15, 0.2) is 94.4 Å². The molecule has 7 nitrogen and oxygen atoms in total. The Morgan fingerprint density at radius 2 is 1.69 bits per heavy atom. The summed E-state index contributed by atoms with van der Waals surface area (Å²) in [6.07, 6.45) is 1.09. The Labute approximate surface area is 204 Å². The Bertz CT molecular complexity index is 1380. The molecule has 0 aliphatic carbocycles. The van der Waals surface area contributed by atoms with E-state index in [2.05, 4.69) is 5.32 Å². The summed E-state index contributed by atoms with van der Waals surface area (Å²) in [4.78, 5) is 12.9. The number of ether oxygens (including phenoxy) is 1. The average molecular weight is 491 g/mol. The number of nitrogens with one attached hydrogen (secondary N) is 1. The first-order valence-corrected chi connectivity index (χ1v) is 13.0. The minimum Gasteiger partial charge on any atom is -0.489 e. The molecule has 2 heterocycles. The second kappa shape index (κ2) is 9.93. The zero-order valence-electron chi connectivity index (χ0n) is 19.1. The third-order valence-electron chi connectivity index (χ3n) is 6.11. The van der Waals surface area contributed by atoms with Crippen molar-refractivity contribution in [3.05, 3.63) is 96.1 Å². The molecule has 1 aromatic heterocycles. The summed E-state index contributed by atoms with van der Waals surface area (Å²) in [6, 6.07) is 25.3. The van der Waals surface area contributed by atoms with Gasteiger partial charge in [-0.3, -0.25) is 4.79 Å². The average Bonchev–Trinajstić information content (AvgIpc) is 3.56. The van der Waals surface area contributed by atoms with Crippen LogP contribution in [-0.4, -0.2) is 31.2 Å². The van der Waals surface area contributed by atoms with Gasteiger partial charge in [-0.25, -0.2) is 8.42 Å². The molecule has 1 atom stereocenters. The second-order valence-corrected chi connectivity index (χ2v) is 10.3. The predicted molar refractivity (Wildman–Crippen MR) is 132 cm³/mol. The van der Waals surface area contributed by atoms with Gasteiger partial charge in [0.1, 0.15) is 24.0 Å². The van der Waals surface area contributed by atoms with E-state index in [1.807, 2.05) is 60.7 Å². The molecule has 1 aliphatic heterocycles. The number of fused-ring (bicyclic) bond motifs is 1. The lowest BCUT2D eigenvalue weighted by atomic mass is 10.1. The summed E-state index contributed by atoms with van der Waals surface area (Å²) < 4.78 is 39.1. The SMILES string of the molecule is O=C(NCc1ccc(COc2ccccc2)cc1)[C@@H]1CCCN1S(=O)(=O)c1cc2ccccc2o1. The van der Waals surface area contributed by atoms with Crippen molar-refractivity contribution in [2.45, 2.75) is 37.1 Å². The molecule has 1 aliphatic rings. The van der Waals surface area contributed by atoms with Gasteiger partial charge in [0.05, 0.1) is 0 Å². The summed E-state index contributed by atoms with van der Waals surface area (Å²) in [5.74, 6) is 0.501. The molecule has 1 saturated heterocycles. The summed E-state index contributed by atoms with van der Waals surface area (Å²) in [7, 11) is -3.92. The normalized spacial score (nSPS) is 16.4. The van der Waals surface area contributed by atoms with Crippen LogP contribution in [0.4, 0.5) is 0 Å². The third-order valence-corrected chi connectivity index (χ3v) is 7.87. The molecule has 0 unspecified atom stereocenters. The van der Waals surface area contributed by atoms with Crippen LogP contribution in [0.3, 0.4) is 0 Å². The van der Waals surface area contributed by atoms with Crippen molar-refractivity contribution in [3.8, 4) is 5.75 Å². The van der Waals surface area contributed by atoms with Crippen molar-refractivity contribution in [2.75, 3.05) is 6.54 Å². The van der Waals surface area contributed by atoms with Gasteiger partial charge in [0.15, 0.2) is 0 Å². The van der Waals surface area contributed by atoms with Gasteiger partial charge in [-0.05, 0) is 42.2 Å². The van der Waals surface area contributed by atoms with Gasteiger partial charge in [0.25, 0.3) is 10.0 Å². The minimum atomic E-state index is -3.92. The van der Waals surface area contributed by atoms with E-state index in [-0.39, 0.29) is 17.5 Å². The number of benzene rings is 3. The van der Waals surface area contributed by atoms with Crippen molar-refractivity contribution in [2.24, 2.45) is 0 Å². The van der Waals surface area contributed by atoms with E-state index < -0.39 is 16.1 Å². The van der Waals surface area contributed by atoms with E-state index in [1.165, 1.54) is 10.4 Å². The molecule has 180 valence electrons. The van der Waals surface area contributed by atoms with Crippen LogP contribution in [0.2, 0.25) is 0 Å². The molecule has 0 saturated carbocycles. The minimum absolute atomic E-state index is 0.133. The Hall–Kier alpha value is -3.62. The highest BCUT2D eigenvalue weighted by Crippen LogP contribution is 2.30. The summed E-state index contributed by atoms with van der Waals surface area (Å²) >= 11 is 0. The van der Waals surface area contributed by atoms with Crippen molar-refractivity contribution >= 4 is 26.9 Å². The first-order valence-electron chi connectivity index (χ1n) is 11.5. The van der Waals surface area contributed by atoms with Crippen LogP contribution >= 0.6 is 0 Å². The van der Waals surface area contributed by atoms with Gasteiger partial charge in [-0.2, -0.15) is 4.31 Å². The van der Waals surface area contributed by atoms with Crippen LogP contribution in [0.25, 0.3) is 11.0 Å². The monoisotopic (exact) mass is 490 g/mol. The molecule has 0 spiro atoms. The fourth-order valence-electron chi connectivity index (χ4n) is 4.23. The molecule has 1 amide bonds. The number of sulfonamides is 1. The molecule has 1 fully saturated rings. The molecule has 5 rings (SSSR count). The van der Waals surface area contributed by atoms with Gasteiger partial charge in [0, 0.05) is 24.5 Å². The van der Waals surface area contributed by atoms with Gasteiger partial charge >= 0.3 is 0 Å². The smallest absolute Gasteiger partial charge is 0.277 e. The molecule has 8 heteroatoms. The fraction of sp³-hybridized carbons (Fsp3) is 0.222.